The zero-order chi connectivity index (χ0) is 18.0. The Morgan fingerprint density at radius 2 is 1.54 bits per heavy atom. The molecule has 0 aliphatic rings. The molecular formula is C18H36O5Si. The maximum Gasteiger partial charge on any atom is 0.484 e. The van der Waals surface area contributed by atoms with Crippen LogP contribution in [0.25, 0.3) is 0 Å². The highest BCUT2D eigenvalue weighted by molar-refractivity contribution is 6.36. The van der Waals surface area contributed by atoms with E-state index in [9.17, 15) is 4.79 Å². The Labute approximate surface area is 149 Å². The van der Waals surface area contributed by atoms with Gasteiger partial charge in [-0.25, -0.2) is 4.79 Å². The lowest BCUT2D eigenvalue weighted by Crippen LogP contribution is -2.29. The third-order valence-electron chi connectivity index (χ3n) is 3.62. The van der Waals surface area contributed by atoms with E-state index in [-0.39, 0.29) is 5.97 Å². The van der Waals surface area contributed by atoms with Gasteiger partial charge < -0.3 is 18.0 Å². The van der Waals surface area contributed by atoms with E-state index in [1.165, 1.54) is 6.08 Å². The summed E-state index contributed by atoms with van der Waals surface area (Å²) < 4.78 is 22.4. The topological polar surface area (TPSA) is 54.0 Å². The first-order valence-electron chi connectivity index (χ1n) is 9.28. The molecule has 0 spiro atoms. The van der Waals surface area contributed by atoms with E-state index in [0.717, 1.165) is 58.2 Å². The zero-order valence-electron chi connectivity index (χ0n) is 15.8. The lowest BCUT2D eigenvalue weighted by Gasteiger charge is -2.18. The highest BCUT2D eigenvalue weighted by atomic mass is 28.3. The summed E-state index contributed by atoms with van der Waals surface area (Å²) in [6.07, 6.45) is 8.35. The van der Waals surface area contributed by atoms with Crippen LogP contribution >= 0.6 is 0 Å². The van der Waals surface area contributed by atoms with Crippen molar-refractivity contribution >= 4 is 15.5 Å². The van der Waals surface area contributed by atoms with Crippen LogP contribution in [0.2, 0.25) is 0 Å². The van der Waals surface area contributed by atoms with Crippen LogP contribution in [-0.2, 0) is 22.8 Å². The van der Waals surface area contributed by atoms with E-state index < -0.39 is 9.53 Å². The van der Waals surface area contributed by atoms with Crippen molar-refractivity contribution in [2.45, 2.75) is 65.7 Å². The number of esters is 1. The fourth-order valence-electron chi connectivity index (χ4n) is 1.97. The number of ether oxygens (including phenoxy) is 1. The quantitative estimate of drug-likeness (QED) is 0.170. The first-order valence-corrected chi connectivity index (χ1v) is 10.7. The van der Waals surface area contributed by atoms with Crippen molar-refractivity contribution in [2.75, 3.05) is 26.4 Å². The van der Waals surface area contributed by atoms with Gasteiger partial charge in [0.15, 0.2) is 0 Å². The molecule has 142 valence electrons. The summed E-state index contributed by atoms with van der Waals surface area (Å²) >= 11 is 0. The zero-order valence-corrected chi connectivity index (χ0v) is 16.9. The minimum absolute atomic E-state index is 0.353. The van der Waals surface area contributed by atoms with E-state index in [1.54, 1.807) is 0 Å². The Morgan fingerprint density at radius 3 is 2.08 bits per heavy atom. The van der Waals surface area contributed by atoms with Crippen LogP contribution in [0.3, 0.4) is 0 Å². The van der Waals surface area contributed by atoms with Crippen molar-refractivity contribution in [3.8, 4) is 0 Å². The monoisotopic (exact) mass is 360 g/mol. The third-order valence-corrected chi connectivity index (χ3v) is 5.14. The highest BCUT2D eigenvalue weighted by Crippen LogP contribution is 2.11. The van der Waals surface area contributed by atoms with Crippen molar-refractivity contribution in [3.05, 3.63) is 12.7 Å². The first kappa shape index (κ1) is 23.3. The average Bonchev–Trinajstić information content (AvgIpc) is 2.58. The molecule has 0 saturated carbocycles. The Kier molecular flexibility index (Phi) is 16.6. The summed E-state index contributed by atoms with van der Waals surface area (Å²) in [4.78, 5) is 10.9. The van der Waals surface area contributed by atoms with Crippen molar-refractivity contribution in [1.29, 1.82) is 0 Å². The van der Waals surface area contributed by atoms with Crippen molar-refractivity contribution in [1.82, 2.24) is 0 Å². The highest BCUT2D eigenvalue weighted by Gasteiger charge is 2.15. The summed E-state index contributed by atoms with van der Waals surface area (Å²) in [6, 6.07) is 0. The molecule has 0 amide bonds. The average molecular weight is 361 g/mol. The molecule has 0 N–H and O–H groups in total. The second kappa shape index (κ2) is 17.1. The van der Waals surface area contributed by atoms with Gasteiger partial charge in [-0.1, -0.05) is 40.2 Å². The van der Waals surface area contributed by atoms with Gasteiger partial charge in [-0.2, -0.15) is 0 Å². The fourth-order valence-corrected chi connectivity index (χ4v) is 3.30. The molecule has 5 nitrogen and oxygen atoms in total. The largest absolute Gasteiger partial charge is 0.484 e. The molecule has 0 bridgehead atoms. The fraction of sp³-hybridized carbons (Fsp3) is 0.833. The number of hydrogen-bond acceptors (Lipinski definition) is 5. The Balaban J connectivity index is 3.80. The minimum atomic E-state index is -1.99. The van der Waals surface area contributed by atoms with E-state index in [2.05, 4.69) is 27.4 Å². The number of hydrogen-bond donors (Lipinski definition) is 0. The summed E-state index contributed by atoms with van der Waals surface area (Å²) in [5.74, 6) is 0.168. The molecule has 1 atom stereocenters. The van der Waals surface area contributed by atoms with Crippen LogP contribution in [0.4, 0.5) is 0 Å². The van der Waals surface area contributed by atoms with E-state index in [4.69, 9.17) is 18.0 Å². The molecule has 0 rings (SSSR count). The van der Waals surface area contributed by atoms with Gasteiger partial charge in [0, 0.05) is 25.9 Å². The second-order valence-corrected chi connectivity index (χ2v) is 7.59. The van der Waals surface area contributed by atoms with E-state index in [1.807, 2.05) is 0 Å². The van der Waals surface area contributed by atoms with Gasteiger partial charge >= 0.3 is 15.5 Å². The van der Waals surface area contributed by atoms with Gasteiger partial charge in [-0.15, -0.1) is 0 Å². The molecule has 0 aromatic rings. The minimum Gasteiger partial charge on any atom is -0.463 e. The van der Waals surface area contributed by atoms with Crippen LogP contribution in [0.15, 0.2) is 12.7 Å². The Bertz CT molecular complexity index is 302. The number of rotatable bonds is 17. The maximum absolute atomic E-state index is 10.9. The van der Waals surface area contributed by atoms with Gasteiger partial charge in [-0.05, 0) is 38.0 Å². The van der Waals surface area contributed by atoms with Crippen molar-refractivity contribution in [2.24, 2.45) is 5.92 Å². The van der Waals surface area contributed by atoms with E-state index in [0.29, 0.717) is 19.1 Å². The van der Waals surface area contributed by atoms with Crippen LogP contribution < -0.4 is 0 Å². The van der Waals surface area contributed by atoms with Gasteiger partial charge in [0.1, 0.15) is 0 Å². The van der Waals surface area contributed by atoms with Crippen LogP contribution in [0, 0.1) is 5.92 Å². The van der Waals surface area contributed by atoms with Gasteiger partial charge in [0.05, 0.1) is 6.61 Å². The molecule has 6 heteroatoms. The summed E-state index contributed by atoms with van der Waals surface area (Å²) in [7, 11) is -1.99. The predicted octanol–water partition coefficient (Wildman–Crippen LogP) is 3.89. The summed E-state index contributed by atoms with van der Waals surface area (Å²) in [5, 5.41) is 0. The molecule has 0 aromatic heterocycles. The maximum atomic E-state index is 10.9. The van der Waals surface area contributed by atoms with Crippen molar-refractivity contribution in [3.63, 3.8) is 0 Å². The van der Waals surface area contributed by atoms with Crippen LogP contribution in [-0.4, -0.2) is 41.9 Å². The number of carbonyl (C=O) groups excluding carboxylic acids is 1. The SMILES string of the molecule is C=CC(=O)OCCCC(C)CCO[SiH](OCCCC)OCCCC. The molecule has 0 aliphatic carbocycles. The molecule has 0 heterocycles. The standard InChI is InChI=1S/C18H36O5Si/c1-5-8-14-21-24(22-15-9-6-2)23-16-12-17(4)11-10-13-20-18(19)7-3/h7,17,24H,3,5-6,8-16H2,1-2,4H3. The number of unbranched alkanes of at least 4 members (excludes halogenated alkanes) is 2. The molecule has 0 aliphatic heterocycles. The van der Waals surface area contributed by atoms with Gasteiger partial charge in [-0.3, -0.25) is 0 Å². The lowest BCUT2D eigenvalue weighted by molar-refractivity contribution is -0.137. The van der Waals surface area contributed by atoms with Crippen LogP contribution in [0.1, 0.15) is 65.7 Å². The molecule has 0 saturated heterocycles. The predicted molar refractivity (Wildman–Crippen MR) is 99.0 cm³/mol. The summed E-state index contributed by atoms with van der Waals surface area (Å²) in [6.45, 7) is 12.4. The van der Waals surface area contributed by atoms with E-state index >= 15 is 0 Å². The van der Waals surface area contributed by atoms with Gasteiger partial charge in [0.25, 0.3) is 0 Å². The van der Waals surface area contributed by atoms with Crippen LogP contribution in [0.5, 0.6) is 0 Å². The Morgan fingerprint density at radius 1 is 0.958 bits per heavy atom. The molecular weight excluding hydrogens is 324 g/mol. The normalized spacial score (nSPS) is 12.3. The Hall–Kier alpha value is -0.693. The molecule has 24 heavy (non-hydrogen) atoms. The molecule has 0 fully saturated rings. The van der Waals surface area contributed by atoms with Gasteiger partial charge in [0.2, 0.25) is 0 Å². The first-order chi connectivity index (χ1) is 11.6. The lowest BCUT2D eigenvalue weighted by atomic mass is 10.0. The molecule has 0 radical (unpaired) electrons. The number of carbonyl (C=O) groups is 1. The molecule has 1 unspecified atom stereocenters. The van der Waals surface area contributed by atoms with Crippen molar-refractivity contribution < 1.29 is 22.8 Å². The second-order valence-electron chi connectivity index (χ2n) is 6.02. The third kappa shape index (κ3) is 14.9. The summed E-state index contributed by atoms with van der Waals surface area (Å²) in [5.41, 5.74) is 0. The molecule has 0 aromatic carbocycles. The smallest absolute Gasteiger partial charge is 0.463 e.